The highest BCUT2D eigenvalue weighted by molar-refractivity contribution is 8.19. The Morgan fingerprint density at radius 1 is 1.13 bits per heavy atom. The Balaban J connectivity index is 1.93. The van der Waals surface area contributed by atoms with Crippen molar-refractivity contribution in [2.75, 3.05) is 12.0 Å². The summed E-state index contributed by atoms with van der Waals surface area (Å²) in [5.41, 5.74) is 1.21. The summed E-state index contributed by atoms with van der Waals surface area (Å²) in [5.74, 6) is -0.0404. The van der Waals surface area contributed by atoms with E-state index in [4.69, 9.17) is 4.74 Å². The molecule has 3 rings (SSSR count). The number of thioether (sulfide) groups is 1. The van der Waals surface area contributed by atoms with Crippen LogP contribution in [-0.2, 0) is 4.79 Å². The minimum Gasteiger partial charge on any atom is -0.504 e. The van der Waals surface area contributed by atoms with Crippen molar-refractivity contribution in [2.45, 2.75) is 0 Å². The highest BCUT2D eigenvalue weighted by Crippen LogP contribution is 2.36. The summed E-state index contributed by atoms with van der Waals surface area (Å²) in [6, 6.07) is 13.5. The summed E-state index contributed by atoms with van der Waals surface area (Å²) < 4.78 is 5.04. The summed E-state index contributed by atoms with van der Waals surface area (Å²) in [7, 11) is 1.45. The Morgan fingerprint density at radius 2 is 1.87 bits per heavy atom. The van der Waals surface area contributed by atoms with Gasteiger partial charge in [0.1, 0.15) is 0 Å². The molecule has 0 aromatic heterocycles. The van der Waals surface area contributed by atoms with E-state index in [9.17, 15) is 14.7 Å². The number of imide groups is 1. The number of anilines is 1. The minimum absolute atomic E-state index is 0.0158. The molecule has 0 aliphatic carbocycles. The van der Waals surface area contributed by atoms with Gasteiger partial charge in [-0.15, -0.1) is 0 Å². The molecule has 0 saturated carbocycles. The minimum atomic E-state index is -0.363. The number of phenols is 1. The van der Waals surface area contributed by atoms with Crippen molar-refractivity contribution in [3.05, 3.63) is 59.0 Å². The van der Waals surface area contributed by atoms with Crippen molar-refractivity contribution in [3.8, 4) is 11.5 Å². The molecule has 0 unspecified atom stereocenters. The van der Waals surface area contributed by atoms with Gasteiger partial charge in [0.2, 0.25) is 0 Å². The Kier molecular flexibility index (Phi) is 4.08. The maximum Gasteiger partial charge on any atom is 0.298 e. The van der Waals surface area contributed by atoms with Gasteiger partial charge in [-0.05, 0) is 47.7 Å². The van der Waals surface area contributed by atoms with Crippen LogP contribution in [0.15, 0.2) is 53.4 Å². The van der Waals surface area contributed by atoms with Crippen LogP contribution in [0, 0.1) is 0 Å². The number of hydrogen-bond acceptors (Lipinski definition) is 5. The van der Waals surface area contributed by atoms with Crippen LogP contribution in [0.3, 0.4) is 0 Å². The van der Waals surface area contributed by atoms with E-state index >= 15 is 0 Å². The first-order valence-corrected chi connectivity index (χ1v) is 7.62. The SMILES string of the molecule is COc1cc(/C=C2\SC(=O)N(c3ccccc3)C2=O)ccc1O. The average Bonchev–Trinajstić information content (AvgIpc) is 2.84. The summed E-state index contributed by atoms with van der Waals surface area (Å²) in [6.07, 6.45) is 1.61. The van der Waals surface area contributed by atoms with Gasteiger partial charge in [-0.3, -0.25) is 9.59 Å². The molecular weight excluding hydrogens is 314 g/mol. The summed E-state index contributed by atoms with van der Waals surface area (Å²) in [6.45, 7) is 0. The van der Waals surface area contributed by atoms with Gasteiger partial charge in [-0.2, -0.15) is 0 Å². The third-order valence-corrected chi connectivity index (χ3v) is 4.18. The number of ether oxygens (including phenoxy) is 1. The third kappa shape index (κ3) is 2.93. The summed E-state index contributed by atoms with van der Waals surface area (Å²) in [4.78, 5) is 26.1. The highest BCUT2D eigenvalue weighted by Gasteiger charge is 2.36. The van der Waals surface area contributed by atoms with Crippen LogP contribution < -0.4 is 9.64 Å². The molecule has 2 aromatic rings. The second kappa shape index (κ2) is 6.18. The van der Waals surface area contributed by atoms with E-state index < -0.39 is 0 Å². The highest BCUT2D eigenvalue weighted by atomic mass is 32.2. The van der Waals surface area contributed by atoms with Gasteiger partial charge in [0.25, 0.3) is 11.1 Å². The quantitative estimate of drug-likeness (QED) is 0.872. The summed E-state index contributed by atoms with van der Waals surface area (Å²) >= 11 is 0.884. The van der Waals surface area contributed by atoms with E-state index in [1.807, 2.05) is 6.07 Å². The van der Waals surface area contributed by atoms with Gasteiger partial charge in [-0.25, -0.2) is 4.90 Å². The van der Waals surface area contributed by atoms with E-state index in [2.05, 4.69) is 0 Å². The van der Waals surface area contributed by atoms with Crippen molar-refractivity contribution < 1.29 is 19.4 Å². The monoisotopic (exact) mass is 327 g/mol. The maximum atomic E-state index is 12.5. The van der Waals surface area contributed by atoms with Gasteiger partial charge in [-0.1, -0.05) is 24.3 Å². The lowest BCUT2D eigenvalue weighted by Crippen LogP contribution is -2.27. The van der Waals surface area contributed by atoms with Crippen molar-refractivity contribution in [2.24, 2.45) is 0 Å². The normalized spacial score (nSPS) is 16.2. The van der Waals surface area contributed by atoms with E-state index in [1.54, 1.807) is 42.5 Å². The number of rotatable bonds is 3. The number of carbonyl (C=O) groups excluding carboxylic acids is 2. The predicted molar refractivity (Wildman–Crippen MR) is 89.6 cm³/mol. The molecule has 2 amide bonds. The van der Waals surface area contributed by atoms with Crippen LogP contribution in [0.25, 0.3) is 6.08 Å². The molecule has 6 heteroatoms. The third-order valence-electron chi connectivity index (χ3n) is 3.31. The Morgan fingerprint density at radius 3 is 2.57 bits per heavy atom. The zero-order chi connectivity index (χ0) is 16.4. The molecule has 0 atom stereocenters. The van der Waals surface area contributed by atoms with E-state index in [0.29, 0.717) is 21.9 Å². The molecule has 1 aliphatic rings. The number of methoxy groups -OCH3 is 1. The molecular formula is C17H13NO4S. The van der Waals surface area contributed by atoms with Crippen LogP contribution in [-0.4, -0.2) is 23.4 Å². The molecule has 1 fully saturated rings. The van der Waals surface area contributed by atoms with Crippen LogP contribution in [0.2, 0.25) is 0 Å². The number of amides is 2. The lowest BCUT2D eigenvalue weighted by atomic mass is 10.2. The zero-order valence-corrected chi connectivity index (χ0v) is 13.0. The topological polar surface area (TPSA) is 66.8 Å². The number of para-hydroxylation sites is 1. The smallest absolute Gasteiger partial charge is 0.298 e. The molecule has 2 aromatic carbocycles. The molecule has 1 aliphatic heterocycles. The zero-order valence-electron chi connectivity index (χ0n) is 12.2. The molecule has 1 heterocycles. The number of hydrogen-bond donors (Lipinski definition) is 1. The lowest BCUT2D eigenvalue weighted by Gasteiger charge is -2.11. The van der Waals surface area contributed by atoms with Crippen LogP contribution in [0.4, 0.5) is 10.5 Å². The standard InChI is InChI=1S/C17H13NO4S/c1-22-14-9-11(7-8-13(14)19)10-15-16(20)18(17(21)23-15)12-5-3-2-4-6-12/h2-10,19H,1H3/b15-10-. The second-order valence-corrected chi connectivity index (χ2v) is 5.78. The Labute approximate surface area is 137 Å². The fourth-order valence-electron chi connectivity index (χ4n) is 2.20. The van der Waals surface area contributed by atoms with E-state index in [1.165, 1.54) is 13.2 Å². The maximum absolute atomic E-state index is 12.5. The Hall–Kier alpha value is -2.73. The van der Waals surface area contributed by atoms with E-state index in [0.717, 1.165) is 16.7 Å². The van der Waals surface area contributed by atoms with Crippen LogP contribution in [0.5, 0.6) is 11.5 Å². The number of aromatic hydroxyl groups is 1. The molecule has 23 heavy (non-hydrogen) atoms. The molecule has 1 N–H and O–H groups in total. The molecule has 116 valence electrons. The largest absolute Gasteiger partial charge is 0.504 e. The predicted octanol–water partition coefficient (Wildman–Crippen LogP) is 3.64. The van der Waals surface area contributed by atoms with Crippen LogP contribution in [0.1, 0.15) is 5.56 Å². The van der Waals surface area contributed by atoms with Crippen LogP contribution >= 0.6 is 11.8 Å². The van der Waals surface area contributed by atoms with Gasteiger partial charge in [0, 0.05) is 0 Å². The van der Waals surface area contributed by atoms with Crippen molar-refractivity contribution in [3.63, 3.8) is 0 Å². The number of nitrogens with zero attached hydrogens (tertiary/aromatic N) is 1. The van der Waals surface area contributed by atoms with Gasteiger partial charge in [0.05, 0.1) is 17.7 Å². The second-order valence-electron chi connectivity index (χ2n) is 4.78. The van der Waals surface area contributed by atoms with Crippen molar-refractivity contribution >= 4 is 34.7 Å². The molecule has 0 spiro atoms. The van der Waals surface area contributed by atoms with E-state index in [-0.39, 0.29) is 16.9 Å². The number of benzene rings is 2. The first-order valence-electron chi connectivity index (χ1n) is 6.80. The number of phenolic OH excluding ortho intramolecular Hbond substituents is 1. The average molecular weight is 327 g/mol. The molecule has 0 bridgehead atoms. The molecule has 5 nitrogen and oxygen atoms in total. The van der Waals surface area contributed by atoms with Gasteiger partial charge in [0.15, 0.2) is 11.5 Å². The van der Waals surface area contributed by atoms with Crippen molar-refractivity contribution in [1.29, 1.82) is 0 Å². The molecule has 1 saturated heterocycles. The Bertz CT molecular complexity index is 801. The fourth-order valence-corrected chi connectivity index (χ4v) is 3.04. The summed E-state index contributed by atoms with van der Waals surface area (Å²) in [5, 5.41) is 9.27. The number of carbonyl (C=O) groups is 2. The van der Waals surface area contributed by atoms with Gasteiger partial charge >= 0.3 is 0 Å². The fraction of sp³-hybridized carbons (Fsp3) is 0.0588. The van der Waals surface area contributed by atoms with Crippen molar-refractivity contribution in [1.82, 2.24) is 0 Å². The first kappa shape index (κ1) is 15.2. The first-order chi connectivity index (χ1) is 11.1. The van der Waals surface area contributed by atoms with Gasteiger partial charge < -0.3 is 9.84 Å². The molecule has 0 radical (unpaired) electrons. The lowest BCUT2D eigenvalue weighted by molar-refractivity contribution is -0.113.